The Labute approximate surface area is 419 Å². The quantitative estimate of drug-likeness (QED) is 0.0557. The van der Waals surface area contributed by atoms with Gasteiger partial charge >= 0.3 is 0 Å². The molecule has 0 spiro atoms. The van der Waals surface area contributed by atoms with E-state index in [1.165, 1.54) is 0 Å². The van der Waals surface area contributed by atoms with Crippen molar-refractivity contribution in [2.45, 2.75) is 51.7 Å². The molecule has 26 nitrogen and oxygen atoms in total. The van der Waals surface area contributed by atoms with E-state index in [-0.39, 0.29) is 46.1 Å². The molecular weight excluding hydrogens is 933 g/mol. The third-order valence-corrected chi connectivity index (χ3v) is 6.54. The number of likely N-dealkylation sites (N-methyl/N-ethyl adjacent to an activating group) is 6. The fourth-order valence-electron chi connectivity index (χ4n) is 2.65. The van der Waals surface area contributed by atoms with Crippen LogP contribution in [0, 0.1) is 0 Å². The van der Waals surface area contributed by atoms with Crippen LogP contribution in [0.2, 0.25) is 0 Å². The summed E-state index contributed by atoms with van der Waals surface area (Å²) in [5, 5.41) is 125. The molecule has 0 aromatic carbocycles. The van der Waals surface area contributed by atoms with E-state index in [2.05, 4.69) is 127 Å². The first-order valence-electron chi connectivity index (χ1n) is 21.8. The van der Waals surface area contributed by atoms with Crippen LogP contribution in [-0.2, 0) is 28.8 Å². The van der Waals surface area contributed by atoms with Crippen molar-refractivity contribution in [2.24, 2.45) is 0 Å². The number of carbonyl (C=O) groups excluding carboxylic acids is 6. The van der Waals surface area contributed by atoms with Gasteiger partial charge < -0.3 is 127 Å². The summed E-state index contributed by atoms with van der Waals surface area (Å²) in [6, 6.07) is 0. The van der Waals surface area contributed by atoms with Gasteiger partial charge in [-0.25, -0.2) is 0 Å². The zero-order valence-corrected chi connectivity index (χ0v) is 46.8. The van der Waals surface area contributed by atoms with Crippen molar-refractivity contribution in [3.63, 3.8) is 0 Å². The Kier molecular flexibility index (Phi) is 62.2. The van der Waals surface area contributed by atoms with Gasteiger partial charge in [0, 0.05) is 36.7 Å². The molecule has 0 bridgehead atoms. The molecule has 1 unspecified atom stereocenters. The van der Waals surface area contributed by atoms with Gasteiger partial charge in [0.1, 0.15) is 44.9 Å². The largest absolute Gasteiger partial charge is 0.550 e. The maximum atomic E-state index is 10.1. The van der Waals surface area contributed by atoms with E-state index in [4.69, 9.17) is 60.7 Å². The normalized spacial score (nSPS) is 11.3. The van der Waals surface area contributed by atoms with Crippen LogP contribution < -0.4 is 30.6 Å². The van der Waals surface area contributed by atoms with Crippen molar-refractivity contribution in [1.82, 2.24) is 0 Å². The maximum absolute atomic E-state index is 10.1. The van der Waals surface area contributed by atoms with E-state index in [1.54, 1.807) is 6.92 Å². The molecular formula is C44H102N6O20. The van der Waals surface area contributed by atoms with Crippen LogP contribution >= 0.6 is 0 Å². The van der Waals surface area contributed by atoms with E-state index in [9.17, 15) is 39.6 Å². The fraction of sp³-hybridized carbons (Fsp3) is 0.864. The van der Waals surface area contributed by atoms with Gasteiger partial charge in [0.25, 0.3) is 0 Å². The van der Waals surface area contributed by atoms with Crippen LogP contribution in [0.1, 0.15) is 40.0 Å². The van der Waals surface area contributed by atoms with Crippen LogP contribution in [-0.4, -0.2) is 321 Å². The van der Waals surface area contributed by atoms with E-state index in [0.29, 0.717) is 0 Å². The Morgan fingerprint density at radius 2 is 0.543 bits per heavy atom. The molecule has 0 heterocycles. The van der Waals surface area contributed by atoms with Gasteiger partial charge in [-0.3, -0.25) is 0 Å². The monoisotopic (exact) mass is 1030 g/mol. The minimum absolute atomic E-state index is 0.211. The molecule has 0 amide bonds. The molecule has 0 rings (SSSR count). The highest BCUT2D eigenvalue weighted by atomic mass is 16.4. The number of carboxylic acid groups (broad SMARTS) is 6. The lowest BCUT2D eigenvalue weighted by Crippen LogP contribution is -2.54. The standard InChI is InChI=1S/C6H8O7.6C5H14NO.C4H8O3.2C2H4O2/c7-3(8)1-6(13,5(11)12)2-4(9)10;6*1-6(2,3)4-5-7;1-2-3(5)4(6)7;2*1-2(3)4/h13H,1-2H2,(H,7,8)(H,9,10)(H,11,12);6*7H,4-5H2,1-3H3;3,5H,2H2,1H3,(H,6,7);2*1H3,(H,3,4)/q;6*+1;;;/p-6. The summed E-state index contributed by atoms with van der Waals surface area (Å²) >= 11 is 0. The van der Waals surface area contributed by atoms with Gasteiger partial charge in [0.05, 0.1) is 185 Å². The number of hydrogen-bond donors (Lipinski definition) is 8. The Bertz CT molecular complexity index is 1110. The van der Waals surface area contributed by atoms with E-state index >= 15 is 0 Å². The van der Waals surface area contributed by atoms with Crippen molar-refractivity contribution in [3.05, 3.63) is 0 Å². The lowest BCUT2D eigenvalue weighted by atomic mass is 9.96. The molecule has 0 saturated carbocycles. The van der Waals surface area contributed by atoms with Crippen LogP contribution in [0.15, 0.2) is 0 Å². The fourth-order valence-corrected chi connectivity index (χ4v) is 2.65. The number of carbonyl (C=O) groups is 6. The lowest BCUT2D eigenvalue weighted by molar-refractivity contribution is -0.870. The number of carboxylic acids is 6. The van der Waals surface area contributed by atoms with Crippen LogP contribution in [0.4, 0.5) is 0 Å². The summed E-state index contributed by atoms with van der Waals surface area (Å²) in [5.41, 5.74) is -2.97. The van der Waals surface area contributed by atoms with Gasteiger partial charge in [-0.1, -0.05) is 6.92 Å². The van der Waals surface area contributed by atoms with Gasteiger partial charge in [0.2, 0.25) is 0 Å². The van der Waals surface area contributed by atoms with E-state index < -0.39 is 60.4 Å². The molecule has 0 aromatic rings. The van der Waals surface area contributed by atoms with E-state index in [0.717, 1.165) is 80.0 Å². The number of rotatable bonds is 19. The summed E-state index contributed by atoms with van der Waals surface area (Å²) < 4.78 is 5.06. The molecule has 0 saturated heterocycles. The van der Waals surface area contributed by atoms with Crippen molar-refractivity contribution in [2.75, 3.05) is 206 Å². The number of aliphatic carboxylic acids is 6. The first kappa shape index (κ1) is 89.2. The number of hydrogen-bond acceptors (Lipinski definition) is 20. The first-order chi connectivity index (χ1) is 30.8. The number of aliphatic hydroxyl groups is 8. The lowest BCUT2D eigenvalue weighted by Gasteiger charge is -2.29. The maximum Gasteiger partial charge on any atom is 0.114 e. The Hall–Kier alpha value is -3.74. The van der Waals surface area contributed by atoms with Crippen molar-refractivity contribution < 1.29 is 127 Å². The predicted octanol–water partition coefficient (Wildman–Crippen LogP) is -11.1. The van der Waals surface area contributed by atoms with Crippen LogP contribution in [0.3, 0.4) is 0 Å². The molecule has 1 atom stereocenters. The number of quaternary nitrogens is 6. The summed E-state index contributed by atoms with van der Waals surface area (Å²) in [5.74, 6) is -9.55. The van der Waals surface area contributed by atoms with Crippen molar-refractivity contribution >= 4 is 35.8 Å². The van der Waals surface area contributed by atoms with Crippen molar-refractivity contribution in [1.29, 1.82) is 0 Å². The molecule has 0 aliphatic heterocycles. The van der Waals surface area contributed by atoms with E-state index in [1.807, 2.05) is 0 Å². The van der Waals surface area contributed by atoms with Gasteiger partial charge in [-0.2, -0.15) is 0 Å². The Balaban J connectivity index is -0.0000000726. The SMILES string of the molecule is CC(=O)[O-].CC(=O)[O-].CCC(O)C(=O)[O-].C[N+](C)(C)CCO.C[N+](C)(C)CCO.C[N+](C)(C)CCO.C[N+](C)(C)CCO.C[N+](C)(C)CCO.C[N+](C)(C)CCO.O=C([O-])CC(O)(CC(=O)[O-])C(=O)[O-]. The minimum Gasteiger partial charge on any atom is -0.550 e. The number of aliphatic hydroxyl groups excluding tert-OH is 7. The van der Waals surface area contributed by atoms with Crippen LogP contribution in [0.5, 0.6) is 0 Å². The predicted molar refractivity (Wildman–Crippen MR) is 252 cm³/mol. The average Bonchev–Trinajstić information content (AvgIpc) is 3.05. The van der Waals surface area contributed by atoms with Gasteiger partial charge in [0.15, 0.2) is 0 Å². The average molecular weight is 1040 g/mol. The third-order valence-electron chi connectivity index (χ3n) is 6.54. The highest BCUT2D eigenvalue weighted by Crippen LogP contribution is 2.13. The molecule has 0 aliphatic carbocycles. The molecule has 0 aromatic heterocycles. The second-order valence-corrected chi connectivity index (χ2v) is 21.1. The van der Waals surface area contributed by atoms with Gasteiger partial charge in [-0.15, -0.1) is 0 Å². The highest BCUT2D eigenvalue weighted by Gasteiger charge is 2.29. The second kappa shape index (κ2) is 48.9. The first-order valence-corrected chi connectivity index (χ1v) is 21.8. The molecule has 428 valence electrons. The molecule has 70 heavy (non-hydrogen) atoms. The molecule has 8 N–H and O–H groups in total. The molecule has 0 radical (unpaired) electrons. The topological polar surface area (TPSA) is 403 Å². The number of nitrogens with zero attached hydrogens (tertiary/aromatic N) is 6. The highest BCUT2D eigenvalue weighted by molar-refractivity contribution is 5.86. The summed E-state index contributed by atoms with van der Waals surface area (Å²) in [6.45, 7) is 10.2. The second-order valence-electron chi connectivity index (χ2n) is 21.1. The molecule has 26 heteroatoms. The minimum atomic E-state index is -2.97. The summed E-state index contributed by atoms with van der Waals surface area (Å²) in [4.78, 5) is 57.3. The van der Waals surface area contributed by atoms with Gasteiger partial charge in [-0.05, 0) is 20.3 Å². The third kappa shape index (κ3) is 144. The molecule has 0 aliphatic rings. The zero-order valence-electron chi connectivity index (χ0n) is 46.8. The Morgan fingerprint density at radius 1 is 0.400 bits per heavy atom. The Morgan fingerprint density at radius 3 is 0.571 bits per heavy atom. The van der Waals surface area contributed by atoms with Crippen molar-refractivity contribution in [3.8, 4) is 0 Å². The van der Waals surface area contributed by atoms with Crippen LogP contribution in [0.25, 0.3) is 0 Å². The summed E-state index contributed by atoms with van der Waals surface area (Å²) in [7, 11) is 36.9. The summed E-state index contributed by atoms with van der Waals surface area (Å²) in [6.07, 6.45) is -3.80. The molecule has 0 fully saturated rings. The smallest absolute Gasteiger partial charge is 0.114 e. The zero-order chi connectivity index (χ0) is 59.1.